The molecule has 0 fully saturated rings. The molecule has 0 amide bonds. The molecule has 0 aliphatic carbocycles. The van der Waals surface area contributed by atoms with Crippen molar-refractivity contribution in [2.24, 2.45) is 0 Å². The van der Waals surface area contributed by atoms with Crippen molar-refractivity contribution in [2.75, 3.05) is 0 Å². The van der Waals surface area contributed by atoms with E-state index in [9.17, 15) is 4.79 Å². The smallest absolute Gasteiger partial charge is 0.258 e. The van der Waals surface area contributed by atoms with Gasteiger partial charge in [-0.2, -0.15) is 0 Å². The molecule has 1 aromatic carbocycles. The fourth-order valence-corrected chi connectivity index (χ4v) is 2.66. The minimum absolute atomic E-state index is 0.0741. The predicted octanol–water partition coefficient (Wildman–Crippen LogP) is 2.95. The summed E-state index contributed by atoms with van der Waals surface area (Å²) in [7, 11) is 0. The quantitative estimate of drug-likeness (QED) is 0.743. The zero-order valence-corrected chi connectivity index (χ0v) is 12.1. The first-order chi connectivity index (χ1) is 9.63. The van der Waals surface area contributed by atoms with E-state index in [1.807, 2.05) is 30.5 Å². The standard InChI is InChI=1S/C15H14N2O2S/c1-10-3-4-13(7-11(10)2)19-9-12-8-14(18)17-5-6-20-15(17)16-12/h3-8H,9H2,1-2H3. The first-order valence-electron chi connectivity index (χ1n) is 6.29. The molecule has 0 spiro atoms. The van der Waals surface area contributed by atoms with Crippen molar-refractivity contribution < 1.29 is 4.74 Å². The summed E-state index contributed by atoms with van der Waals surface area (Å²) in [5.74, 6) is 0.793. The van der Waals surface area contributed by atoms with Gasteiger partial charge in [0.15, 0.2) is 4.96 Å². The average molecular weight is 286 g/mol. The molecule has 0 atom stereocenters. The van der Waals surface area contributed by atoms with Gasteiger partial charge in [-0.1, -0.05) is 6.07 Å². The Morgan fingerprint density at radius 2 is 2.10 bits per heavy atom. The Morgan fingerprint density at radius 1 is 1.25 bits per heavy atom. The molecule has 0 unspecified atom stereocenters. The summed E-state index contributed by atoms with van der Waals surface area (Å²) in [5, 5.41) is 1.84. The number of rotatable bonds is 3. The number of benzene rings is 1. The van der Waals surface area contributed by atoms with Crippen LogP contribution in [-0.4, -0.2) is 9.38 Å². The van der Waals surface area contributed by atoms with Crippen molar-refractivity contribution in [1.82, 2.24) is 9.38 Å². The Balaban J connectivity index is 1.82. The lowest BCUT2D eigenvalue weighted by Crippen LogP contribution is -2.14. The maximum atomic E-state index is 11.8. The van der Waals surface area contributed by atoms with E-state index >= 15 is 0 Å². The maximum absolute atomic E-state index is 11.8. The second kappa shape index (κ2) is 5.09. The summed E-state index contributed by atoms with van der Waals surface area (Å²) in [5.41, 5.74) is 2.99. The molecule has 20 heavy (non-hydrogen) atoms. The number of ether oxygens (including phenoxy) is 1. The van der Waals surface area contributed by atoms with Crippen LogP contribution in [0.25, 0.3) is 4.96 Å². The molecular weight excluding hydrogens is 272 g/mol. The highest BCUT2D eigenvalue weighted by Gasteiger charge is 2.04. The number of fused-ring (bicyclic) bond motifs is 1. The molecule has 3 rings (SSSR count). The molecule has 3 aromatic rings. The van der Waals surface area contributed by atoms with Gasteiger partial charge in [-0.05, 0) is 37.1 Å². The van der Waals surface area contributed by atoms with Crippen molar-refractivity contribution >= 4 is 16.3 Å². The van der Waals surface area contributed by atoms with Crippen LogP contribution in [0.15, 0.2) is 40.6 Å². The third-order valence-corrected chi connectivity index (χ3v) is 3.98. The molecular formula is C15H14N2O2S. The van der Waals surface area contributed by atoms with Crippen LogP contribution in [0.5, 0.6) is 5.75 Å². The van der Waals surface area contributed by atoms with Crippen LogP contribution in [0, 0.1) is 13.8 Å². The molecule has 0 aliphatic heterocycles. The molecule has 5 heteroatoms. The van der Waals surface area contributed by atoms with Crippen LogP contribution < -0.4 is 10.3 Å². The summed E-state index contributed by atoms with van der Waals surface area (Å²) in [6.45, 7) is 4.41. The zero-order valence-electron chi connectivity index (χ0n) is 11.3. The topological polar surface area (TPSA) is 43.6 Å². The van der Waals surface area contributed by atoms with Crippen LogP contribution >= 0.6 is 11.3 Å². The van der Waals surface area contributed by atoms with Crippen molar-refractivity contribution in [2.45, 2.75) is 20.5 Å². The summed E-state index contributed by atoms with van der Waals surface area (Å²) in [4.78, 5) is 16.9. The molecule has 0 saturated carbocycles. The lowest BCUT2D eigenvalue weighted by molar-refractivity contribution is 0.301. The van der Waals surface area contributed by atoms with Gasteiger partial charge in [0.25, 0.3) is 5.56 Å². The van der Waals surface area contributed by atoms with E-state index in [-0.39, 0.29) is 5.56 Å². The number of thiazole rings is 1. The van der Waals surface area contributed by atoms with Crippen molar-refractivity contribution in [3.8, 4) is 5.75 Å². The first-order valence-corrected chi connectivity index (χ1v) is 7.17. The van der Waals surface area contributed by atoms with Gasteiger partial charge < -0.3 is 4.74 Å². The van der Waals surface area contributed by atoms with E-state index in [2.05, 4.69) is 11.9 Å². The summed E-state index contributed by atoms with van der Waals surface area (Å²) in [6, 6.07) is 7.46. The Hall–Kier alpha value is -2.14. The third-order valence-electron chi connectivity index (χ3n) is 3.22. The van der Waals surface area contributed by atoms with Crippen LogP contribution in [0.1, 0.15) is 16.8 Å². The molecule has 0 saturated heterocycles. The highest BCUT2D eigenvalue weighted by atomic mass is 32.1. The lowest BCUT2D eigenvalue weighted by atomic mass is 10.1. The van der Waals surface area contributed by atoms with Crippen LogP contribution in [0.3, 0.4) is 0 Å². The number of hydrogen-bond donors (Lipinski definition) is 0. The minimum Gasteiger partial charge on any atom is -0.487 e. The Kier molecular flexibility index (Phi) is 3.28. The normalized spacial score (nSPS) is 10.9. The number of hydrogen-bond acceptors (Lipinski definition) is 4. The Labute approximate surface area is 120 Å². The van der Waals surface area contributed by atoms with Crippen molar-refractivity contribution in [3.05, 3.63) is 63.0 Å². The number of aryl methyl sites for hydroxylation is 2. The molecule has 4 nitrogen and oxygen atoms in total. The van der Waals surface area contributed by atoms with Crippen molar-refractivity contribution in [1.29, 1.82) is 0 Å². The summed E-state index contributed by atoms with van der Waals surface area (Å²) < 4.78 is 7.23. The fraction of sp³-hybridized carbons (Fsp3) is 0.200. The molecule has 0 bridgehead atoms. The fourth-order valence-electron chi connectivity index (χ4n) is 1.92. The second-order valence-corrected chi connectivity index (χ2v) is 5.55. The van der Waals surface area contributed by atoms with Gasteiger partial charge in [0.1, 0.15) is 12.4 Å². The average Bonchev–Trinajstić information content (AvgIpc) is 2.89. The van der Waals surface area contributed by atoms with E-state index in [0.717, 1.165) is 5.75 Å². The van der Waals surface area contributed by atoms with Crippen LogP contribution in [-0.2, 0) is 6.61 Å². The summed E-state index contributed by atoms with van der Waals surface area (Å²) in [6.07, 6.45) is 1.73. The van der Waals surface area contributed by atoms with Gasteiger partial charge in [-0.15, -0.1) is 11.3 Å². The summed E-state index contributed by atoms with van der Waals surface area (Å²) >= 11 is 1.44. The Bertz CT molecular complexity index is 820. The zero-order chi connectivity index (χ0) is 14.1. The van der Waals surface area contributed by atoms with Crippen LogP contribution in [0.2, 0.25) is 0 Å². The van der Waals surface area contributed by atoms with Gasteiger partial charge in [-0.25, -0.2) is 4.98 Å². The SMILES string of the molecule is Cc1ccc(OCc2cc(=O)n3ccsc3n2)cc1C. The molecule has 0 N–H and O–H groups in total. The second-order valence-electron chi connectivity index (χ2n) is 4.68. The van der Waals surface area contributed by atoms with E-state index in [1.165, 1.54) is 32.9 Å². The van der Waals surface area contributed by atoms with Gasteiger partial charge in [0, 0.05) is 17.6 Å². The molecule has 2 aromatic heterocycles. The minimum atomic E-state index is -0.0741. The van der Waals surface area contributed by atoms with E-state index in [0.29, 0.717) is 17.3 Å². The third kappa shape index (κ3) is 2.44. The monoisotopic (exact) mass is 286 g/mol. The first kappa shape index (κ1) is 12.9. The van der Waals surface area contributed by atoms with E-state index in [1.54, 1.807) is 6.20 Å². The maximum Gasteiger partial charge on any atom is 0.258 e. The van der Waals surface area contributed by atoms with Gasteiger partial charge >= 0.3 is 0 Å². The lowest BCUT2D eigenvalue weighted by Gasteiger charge is -2.08. The molecule has 2 heterocycles. The molecule has 102 valence electrons. The van der Waals surface area contributed by atoms with Gasteiger partial charge in [0.05, 0.1) is 5.69 Å². The molecule has 0 radical (unpaired) electrons. The van der Waals surface area contributed by atoms with Crippen molar-refractivity contribution in [3.63, 3.8) is 0 Å². The predicted molar refractivity (Wildman–Crippen MR) is 79.6 cm³/mol. The Morgan fingerprint density at radius 3 is 2.90 bits per heavy atom. The number of aromatic nitrogens is 2. The number of nitrogens with zero attached hydrogens (tertiary/aromatic N) is 2. The van der Waals surface area contributed by atoms with E-state index in [4.69, 9.17) is 4.74 Å². The molecule has 0 aliphatic rings. The van der Waals surface area contributed by atoms with E-state index < -0.39 is 0 Å². The van der Waals surface area contributed by atoms with Gasteiger partial charge in [0.2, 0.25) is 0 Å². The largest absolute Gasteiger partial charge is 0.487 e. The van der Waals surface area contributed by atoms with Gasteiger partial charge in [-0.3, -0.25) is 9.20 Å². The van der Waals surface area contributed by atoms with Crippen LogP contribution in [0.4, 0.5) is 0 Å². The highest BCUT2D eigenvalue weighted by molar-refractivity contribution is 7.15. The highest BCUT2D eigenvalue weighted by Crippen LogP contribution is 2.17.